The zero-order chi connectivity index (χ0) is 22.9. The Balaban J connectivity index is 1.74. The molecule has 1 unspecified atom stereocenters. The number of rotatable bonds is 6. The van der Waals surface area contributed by atoms with Crippen LogP contribution in [-0.4, -0.2) is 85.4 Å². The lowest BCUT2D eigenvalue weighted by Gasteiger charge is -2.38. The predicted molar refractivity (Wildman–Crippen MR) is 97.8 cm³/mol. The highest BCUT2D eigenvalue weighted by Crippen LogP contribution is 2.31. The van der Waals surface area contributed by atoms with E-state index in [1.54, 1.807) is 0 Å². The Labute approximate surface area is 173 Å². The third-order valence-corrected chi connectivity index (χ3v) is 5.10. The van der Waals surface area contributed by atoms with E-state index in [4.69, 9.17) is 24.8 Å². The van der Waals surface area contributed by atoms with Crippen molar-refractivity contribution in [2.75, 3.05) is 6.61 Å². The van der Waals surface area contributed by atoms with Gasteiger partial charge in [-0.1, -0.05) is 5.11 Å². The molecular weight excluding hydrogens is 422 g/mol. The van der Waals surface area contributed by atoms with Gasteiger partial charge in [-0.2, -0.15) is 0 Å². The van der Waals surface area contributed by atoms with Crippen LogP contribution < -0.4 is 11.2 Å². The lowest BCUT2D eigenvalue weighted by atomic mass is 9.99. The van der Waals surface area contributed by atoms with Crippen molar-refractivity contribution in [3.63, 3.8) is 0 Å². The molecule has 0 spiro atoms. The van der Waals surface area contributed by atoms with Crippen LogP contribution in [0.3, 0.4) is 0 Å². The Morgan fingerprint density at radius 3 is 2.68 bits per heavy atom. The van der Waals surface area contributed by atoms with Gasteiger partial charge in [-0.25, -0.2) is 9.59 Å². The normalized spacial score (nSPS) is 35.5. The number of carboxylic acids is 1. The number of H-pyrrole nitrogens is 1. The Morgan fingerprint density at radius 2 is 2.03 bits per heavy atom. The van der Waals surface area contributed by atoms with Crippen LogP contribution in [0.4, 0.5) is 0 Å². The molecule has 0 radical (unpaired) electrons. The van der Waals surface area contributed by atoms with E-state index in [1.165, 1.54) is 13.1 Å². The lowest BCUT2D eigenvalue weighted by Crippen LogP contribution is -2.60. The third kappa shape index (κ3) is 4.62. The number of hydrogen-bond donors (Lipinski definition) is 5. The minimum Gasteiger partial charge on any atom is -0.479 e. The lowest BCUT2D eigenvalue weighted by molar-refractivity contribution is -0.298. The number of aliphatic hydroxyl groups excluding tert-OH is 3. The van der Waals surface area contributed by atoms with Crippen LogP contribution in [0.5, 0.6) is 0 Å². The van der Waals surface area contributed by atoms with Crippen LogP contribution in [0.2, 0.25) is 0 Å². The second kappa shape index (κ2) is 9.15. The standard InChI is InChI=1S/C16H21N5O10/c1-5-3-21(16(28)18-13(5)25)8-2-6(19-20-17)7(30-8)4-29-15-11(24)9(22)10(23)12(31-15)14(26)27/h3,6-12,15,22-24H,2,4H2,1H3,(H,26,27)(H,18,25,28)/t6-,7+,8?,9-,10-,11+,12-,15+/m0/s1. The van der Waals surface area contributed by atoms with Gasteiger partial charge < -0.3 is 34.6 Å². The highest BCUT2D eigenvalue weighted by molar-refractivity contribution is 5.73. The molecule has 8 atom stereocenters. The van der Waals surface area contributed by atoms with Crippen molar-refractivity contribution >= 4 is 5.97 Å². The molecule has 15 nitrogen and oxygen atoms in total. The number of aromatic amines is 1. The average molecular weight is 443 g/mol. The average Bonchev–Trinajstić information content (AvgIpc) is 3.11. The Bertz CT molecular complexity index is 988. The molecule has 0 saturated carbocycles. The Hall–Kier alpha value is -2.78. The van der Waals surface area contributed by atoms with Crippen molar-refractivity contribution in [2.24, 2.45) is 5.11 Å². The van der Waals surface area contributed by atoms with Crippen LogP contribution in [0.25, 0.3) is 10.4 Å². The second-order valence-electron chi connectivity index (χ2n) is 7.18. The van der Waals surface area contributed by atoms with Crippen molar-refractivity contribution in [2.45, 2.75) is 62.4 Å². The maximum atomic E-state index is 12.1. The molecule has 1 aromatic heterocycles. The van der Waals surface area contributed by atoms with Crippen LogP contribution in [0, 0.1) is 6.92 Å². The van der Waals surface area contributed by atoms with Crippen LogP contribution in [0.1, 0.15) is 18.2 Å². The molecule has 31 heavy (non-hydrogen) atoms. The number of hydrogen-bond acceptors (Lipinski definition) is 10. The van der Waals surface area contributed by atoms with Crippen molar-refractivity contribution in [1.82, 2.24) is 9.55 Å². The van der Waals surface area contributed by atoms with E-state index in [0.29, 0.717) is 0 Å². The van der Waals surface area contributed by atoms with E-state index in [9.17, 15) is 29.7 Å². The number of azide groups is 1. The summed E-state index contributed by atoms with van der Waals surface area (Å²) in [4.78, 5) is 39.7. The molecule has 5 N–H and O–H groups in total. The number of carboxylic acid groups (broad SMARTS) is 1. The maximum Gasteiger partial charge on any atom is 0.335 e. The summed E-state index contributed by atoms with van der Waals surface area (Å²) in [6.07, 6.45) is -9.39. The predicted octanol–water partition coefficient (Wildman–Crippen LogP) is -2.28. The van der Waals surface area contributed by atoms with Gasteiger partial charge in [0.1, 0.15) is 24.5 Å². The SMILES string of the molecule is Cc1cn(C2C[C@H](N=[N+]=[N-])[C@@H](CO[C@@H]3O[C@H](C(=O)O)[C@@H](O)[C@H](O)[C@H]3O)O2)c(=O)[nH]c1=O. The van der Waals surface area contributed by atoms with Crippen molar-refractivity contribution in [3.05, 3.63) is 43.0 Å². The molecule has 3 rings (SSSR count). The summed E-state index contributed by atoms with van der Waals surface area (Å²) in [6.45, 7) is 1.13. The number of aliphatic hydroxyl groups is 3. The van der Waals surface area contributed by atoms with Gasteiger partial charge in [-0.3, -0.25) is 14.3 Å². The van der Waals surface area contributed by atoms with E-state index < -0.39 is 66.3 Å². The van der Waals surface area contributed by atoms with Gasteiger partial charge in [0, 0.05) is 23.1 Å². The Kier molecular flexibility index (Phi) is 6.76. The summed E-state index contributed by atoms with van der Waals surface area (Å²) >= 11 is 0. The summed E-state index contributed by atoms with van der Waals surface area (Å²) in [6, 6.07) is -0.805. The topological polar surface area (TPSA) is 229 Å². The molecule has 15 heteroatoms. The second-order valence-corrected chi connectivity index (χ2v) is 7.18. The molecule has 2 aliphatic rings. The zero-order valence-electron chi connectivity index (χ0n) is 16.1. The van der Waals surface area contributed by atoms with E-state index in [0.717, 1.165) is 4.57 Å². The third-order valence-electron chi connectivity index (χ3n) is 5.10. The van der Waals surface area contributed by atoms with E-state index in [2.05, 4.69) is 15.0 Å². The van der Waals surface area contributed by atoms with Crippen LogP contribution in [-0.2, 0) is 19.0 Å². The van der Waals surface area contributed by atoms with Gasteiger partial charge in [0.2, 0.25) is 0 Å². The molecule has 2 fully saturated rings. The summed E-state index contributed by atoms with van der Waals surface area (Å²) in [5, 5.41) is 42.3. The quantitative estimate of drug-likeness (QED) is 0.180. The molecule has 2 aliphatic heterocycles. The first kappa shape index (κ1) is 22.9. The molecule has 3 heterocycles. The van der Waals surface area contributed by atoms with Gasteiger partial charge >= 0.3 is 11.7 Å². The fourth-order valence-corrected chi connectivity index (χ4v) is 3.40. The van der Waals surface area contributed by atoms with Gasteiger partial charge in [0.25, 0.3) is 5.56 Å². The van der Waals surface area contributed by atoms with E-state index in [-0.39, 0.29) is 18.6 Å². The molecule has 0 aromatic carbocycles. The number of aryl methyl sites for hydroxylation is 1. The first-order valence-corrected chi connectivity index (χ1v) is 9.19. The Morgan fingerprint density at radius 1 is 1.32 bits per heavy atom. The molecule has 2 saturated heterocycles. The first-order valence-electron chi connectivity index (χ1n) is 9.19. The van der Waals surface area contributed by atoms with Gasteiger partial charge in [-0.05, 0) is 12.5 Å². The fourth-order valence-electron chi connectivity index (χ4n) is 3.40. The van der Waals surface area contributed by atoms with Gasteiger partial charge in [-0.15, -0.1) is 0 Å². The minimum atomic E-state index is -1.87. The highest BCUT2D eigenvalue weighted by Gasteiger charge is 2.48. The highest BCUT2D eigenvalue weighted by atomic mass is 16.7. The monoisotopic (exact) mass is 443 g/mol. The molecule has 0 amide bonds. The van der Waals surface area contributed by atoms with Crippen molar-refractivity contribution < 1.29 is 39.4 Å². The van der Waals surface area contributed by atoms with Crippen LogP contribution >= 0.6 is 0 Å². The maximum absolute atomic E-state index is 12.1. The summed E-state index contributed by atoms with van der Waals surface area (Å²) in [5.74, 6) is -1.57. The van der Waals surface area contributed by atoms with E-state index >= 15 is 0 Å². The molecule has 0 aliphatic carbocycles. The van der Waals surface area contributed by atoms with Crippen molar-refractivity contribution in [3.8, 4) is 0 Å². The van der Waals surface area contributed by atoms with E-state index in [1.807, 2.05) is 0 Å². The van der Waals surface area contributed by atoms with Gasteiger partial charge in [0.05, 0.1) is 18.8 Å². The zero-order valence-corrected chi connectivity index (χ0v) is 16.1. The van der Waals surface area contributed by atoms with Gasteiger partial charge in [0.15, 0.2) is 12.4 Å². The summed E-state index contributed by atoms with van der Waals surface area (Å²) in [5.41, 5.74) is 7.79. The number of aromatic nitrogens is 2. The minimum absolute atomic E-state index is 0.0661. The smallest absolute Gasteiger partial charge is 0.335 e. The number of ether oxygens (including phenoxy) is 3. The number of nitrogens with one attached hydrogen (secondary N) is 1. The molecule has 170 valence electrons. The molecular formula is C16H21N5O10. The summed E-state index contributed by atoms with van der Waals surface area (Å²) < 4.78 is 17.2. The summed E-state index contributed by atoms with van der Waals surface area (Å²) in [7, 11) is 0. The fraction of sp³-hybridized carbons (Fsp3) is 0.688. The number of aliphatic carboxylic acids is 1. The van der Waals surface area contributed by atoms with Crippen LogP contribution in [0.15, 0.2) is 20.9 Å². The molecule has 1 aromatic rings. The molecule has 0 bridgehead atoms. The first-order chi connectivity index (χ1) is 14.6. The number of nitrogens with zero attached hydrogens (tertiary/aromatic N) is 4. The number of carbonyl (C=O) groups is 1. The largest absolute Gasteiger partial charge is 0.479 e. The van der Waals surface area contributed by atoms with Crippen molar-refractivity contribution in [1.29, 1.82) is 0 Å².